The van der Waals surface area contributed by atoms with Crippen molar-refractivity contribution in [1.29, 1.82) is 0 Å². The highest BCUT2D eigenvalue weighted by Gasteiger charge is 2.32. The summed E-state index contributed by atoms with van der Waals surface area (Å²) in [6.45, 7) is 1.50. The van der Waals surface area contributed by atoms with Crippen LogP contribution in [0.4, 0.5) is 0 Å². The number of fused-ring (bicyclic) bond motifs is 6. The maximum absolute atomic E-state index is 13.6. The Morgan fingerprint density at radius 2 is 1.95 bits per heavy atom. The molecule has 2 amide bonds. The molecule has 202 valence electrons. The predicted octanol–water partition coefficient (Wildman–Crippen LogP) is 4.89. The number of aryl methyl sites for hydroxylation is 1. The van der Waals surface area contributed by atoms with Crippen molar-refractivity contribution in [1.82, 2.24) is 20.2 Å². The van der Waals surface area contributed by atoms with Gasteiger partial charge >= 0.3 is 0 Å². The van der Waals surface area contributed by atoms with Crippen LogP contribution < -0.4 is 14.8 Å². The van der Waals surface area contributed by atoms with Gasteiger partial charge in [0.1, 0.15) is 17.2 Å². The van der Waals surface area contributed by atoms with Crippen LogP contribution in [0.25, 0.3) is 0 Å². The fourth-order valence-corrected chi connectivity index (χ4v) is 5.30. The molecule has 1 unspecified atom stereocenters. The number of carbonyl (C=O) groups excluding carboxylic acids is 2. The first-order valence-electron chi connectivity index (χ1n) is 13.6. The Morgan fingerprint density at radius 3 is 2.85 bits per heavy atom. The second-order valence-electron chi connectivity index (χ2n) is 9.96. The maximum atomic E-state index is 13.6. The highest BCUT2D eigenvalue weighted by molar-refractivity contribution is 5.94. The van der Waals surface area contributed by atoms with E-state index in [-0.39, 0.29) is 17.9 Å². The van der Waals surface area contributed by atoms with Crippen molar-refractivity contribution in [2.75, 3.05) is 19.7 Å². The molecule has 8 heteroatoms. The fourth-order valence-electron chi connectivity index (χ4n) is 5.30. The minimum absolute atomic E-state index is 0.0914. The molecule has 1 N–H and O–H groups in total. The van der Waals surface area contributed by atoms with E-state index in [1.807, 2.05) is 65.6 Å². The summed E-state index contributed by atoms with van der Waals surface area (Å²) in [5, 5.41) is 2.91. The lowest BCUT2D eigenvalue weighted by molar-refractivity contribution is -0.133. The molecule has 7 rings (SSSR count). The lowest BCUT2D eigenvalue weighted by Gasteiger charge is -2.38. The second-order valence-corrected chi connectivity index (χ2v) is 9.96. The van der Waals surface area contributed by atoms with E-state index in [0.29, 0.717) is 62.4 Å². The molecule has 40 heavy (non-hydrogen) atoms. The number of nitrogens with zero attached hydrogens (tertiary/aromatic N) is 3. The molecule has 0 fully saturated rings. The molecule has 0 aliphatic carbocycles. The van der Waals surface area contributed by atoms with E-state index in [1.54, 1.807) is 18.5 Å². The van der Waals surface area contributed by atoms with Crippen molar-refractivity contribution >= 4 is 11.8 Å². The maximum Gasteiger partial charge on any atom is 0.252 e. The van der Waals surface area contributed by atoms with Crippen LogP contribution >= 0.6 is 0 Å². The molecule has 5 heterocycles. The Bertz CT molecular complexity index is 1520. The molecular formula is C32H30N4O4. The Kier molecular flexibility index (Phi) is 7.39. The summed E-state index contributed by atoms with van der Waals surface area (Å²) in [7, 11) is 0. The molecule has 8 bridgehead atoms. The van der Waals surface area contributed by atoms with Crippen molar-refractivity contribution in [3.63, 3.8) is 0 Å². The smallest absolute Gasteiger partial charge is 0.252 e. The number of aromatic nitrogens is 2. The Morgan fingerprint density at radius 1 is 1.00 bits per heavy atom. The van der Waals surface area contributed by atoms with E-state index in [0.717, 1.165) is 28.1 Å². The summed E-state index contributed by atoms with van der Waals surface area (Å²) < 4.78 is 12.2. The van der Waals surface area contributed by atoms with Gasteiger partial charge < -0.3 is 19.7 Å². The zero-order valence-electron chi connectivity index (χ0n) is 22.1. The molecule has 2 aromatic heterocycles. The van der Waals surface area contributed by atoms with E-state index in [2.05, 4.69) is 15.3 Å². The van der Waals surface area contributed by atoms with Gasteiger partial charge in [-0.3, -0.25) is 19.6 Å². The quantitative estimate of drug-likeness (QED) is 0.402. The standard InChI is InChI=1S/C32H30N4O4/c37-30(11-8-25-6-1-2-13-34-25)36-15-12-22-17-27-9-10-29(22)31(36)23-5-3-7-26(18-23)39-16-4-14-35-32(38)24-19-28(40-27)21-33-20-24/h1-3,5-7,9-10,13,17-21,31H,4,8,11-12,14-16H2,(H,35,38). The first-order chi connectivity index (χ1) is 19.6. The Hall–Kier alpha value is -4.72. The number of hydrogen-bond donors (Lipinski definition) is 1. The number of amides is 2. The van der Waals surface area contributed by atoms with Gasteiger partial charge in [0.05, 0.1) is 24.4 Å². The zero-order chi connectivity index (χ0) is 27.3. The van der Waals surface area contributed by atoms with Gasteiger partial charge in [0.25, 0.3) is 5.91 Å². The van der Waals surface area contributed by atoms with Crippen molar-refractivity contribution in [2.45, 2.75) is 31.7 Å². The Balaban J connectivity index is 1.35. The summed E-state index contributed by atoms with van der Waals surface area (Å²) in [5.41, 5.74) is 4.51. The van der Waals surface area contributed by atoms with Gasteiger partial charge in [-0.25, -0.2) is 0 Å². The van der Waals surface area contributed by atoms with Crippen LogP contribution in [0.15, 0.2) is 85.3 Å². The van der Waals surface area contributed by atoms with Gasteiger partial charge in [-0.15, -0.1) is 0 Å². The normalized spacial score (nSPS) is 16.6. The summed E-state index contributed by atoms with van der Waals surface area (Å²) in [6, 6.07) is 21.1. The van der Waals surface area contributed by atoms with Crippen molar-refractivity contribution in [3.05, 3.63) is 113 Å². The third-order valence-corrected chi connectivity index (χ3v) is 7.24. The molecule has 0 radical (unpaired) electrons. The predicted molar refractivity (Wildman–Crippen MR) is 149 cm³/mol. The van der Waals surface area contributed by atoms with E-state index in [9.17, 15) is 9.59 Å². The summed E-state index contributed by atoms with van der Waals surface area (Å²) in [5.74, 6) is 1.76. The molecule has 2 aromatic carbocycles. The average Bonchev–Trinajstić information content (AvgIpc) is 2.99. The van der Waals surface area contributed by atoms with Gasteiger partial charge in [0.15, 0.2) is 0 Å². The van der Waals surface area contributed by atoms with E-state index >= 15 is 0 Å². The lowest BCUT2D eigenvalue weighted by Crippen LogP contribution is -2.40. The monoisotopic (exact) mass is 534 g/mol. The number of ether oxygens (including phenoxy) is 2. The average molecular weight is 535 g/mol. The molecule has 8 nitrogen and oxygen atoms in total. The third kappa shape index (κ3) is 5.66. The van der Waals surface area contributed by atoms with Crippen LogP contribution in [0.1, 0.15) is 51.6 Å². The third-order valence-electron chi connectivity index (χ3n) is 7.24. The van der Waals surface area contributed by atoms with Crippen molar-refractivity contribution in [2.24, 2.45) is 0 Å². The minimum atomic E-state index is -0.249. The van der Waals surface area contributed by atoms with E-state index in [4.69, 9.17) is 9.47 Å². The molecule has 3 aliphatic heterocycles. The van der Waals surface area contributed by atoms with Gasteiger partial charge in [-0.2, -0.15) is 0 Å². The van der Waals surface area contributed by atoms with Crippen LogP contribution in [-0.2, 0) is 17.6 Å². The first kappa shape index (κ1) is 25.6. The minimum Gasteiger partial charge on any atom is -0.494 e. The zero-order valence-corrected chi connectivity index (χ0v) is 22.1. The molecule has 0 spiro atoms. The molecule has 3 aliphatic rings. The summed E-state index contributed by atoms with van der Waals surface area (Å²) in [6.07, 6.45) is 7.21. The molecular weight excluding hydrogens is 504 g/mol. The largest absolute Gasteiger partial charge is 0.494 e. The van der Waals surface area contributed by atoms with Gasteiger partial charge in [0, 0.05) is 37.6 Å². The van der Waals surface area contributed by atoms with Crippen LogP contribution in [0.2, 0.25) is 0 Å². The highest BCUT2D eigenvalue weighted by atomic mass is 16.5. The van der Waals surface area contributed by atoms with E-state index < -0.39 is 0 Å². The first-order valence-corrected chi connectivity index (χ1v) is 13.6. The van der Waals surface area contributed by atoms with Gasteiger partial charge in [-0.05, 0) is 78.4 Å². The number of pyridine rings is 2. The van der Waals surface area contributed by atoms with Gasteiger partial charge in [-0.1, -0.05) is 24.3 Å². The fraction of sp³-hybridized carbons (Fsp3) is 0.250. The lowest BCUT2D eigenvalue weighted by atomic mass is 9.87. The summed E-state index contributed by atoms with van der Waals surface area (Å²) in [4.78, 5) is 36.8. The number of benzene rings is 2. The highest BCUT2D eigenvalue weighted by Crippen LogP contribution is 2.39. The van der Waals surface area contributed by atoms with Crippen molar-refractivity contribution in [3.8, 4) is 17.2 Å². The Labute approximate surface area is 233 Å². The van der Waals surface area contributed by atoms with Crippen LogP contribution in [0.3, 0.4) is 0 Å². The molecule has 1 atom stereocenters. The van der Waals surface area contributed by atoms with Crippen LogP contribution in [0, 0.1) is 0 Å². The van der Waals surface area contributed by atoms with Crippen LogP contribution in [0.5, 0.6) is 17.2 Å². The number of nitrogens with one attached hydrogen (secondary N) is 1. The summed E-state index contributed by atoms with van der Waals surface area (Å²) >= 11 is 0. The van der Waals surface area contributed by atoms with Gasteiger partial charge in [0.2, 0.25) is 5.91 Å². The second kappa shape index (κ2) is 11.6. The molecule has 0 saturated heterocycles. The number of rotatable bonds is 3. The van der Waals surface area contributed by atoms with Crippen LogP contribution in [-0.4, -0.2) is 46.4 Å². The SMILES string of the molecule is O=C1NCCCOc2cccc(c2)C2c3ccc(cc3CCN2C(=O)CCc2ccccn2)Oc2cncc1c2. The van der Waals surface area contributed by atoms with Crippen molar-refractivity contribution < 1.29 is 19.1 Å². The van der Waals surface area contributed by atoms with E-state index in [1.165, 1.54) is 6.20 Å². The number of carbonyl (C=O) groups is 2. The molecule has 0 saturated carbocycles. The molecule has 4 aromatic rings. The number of hydrogen-bond acceptors (Lipinski definition) is 6. The topological polar surface area (TPSA) is 93.7 Å².